The van der Waals surface area contributed by atoms with Crippen molar-refractivity contribution in [3.05, 3.63) is 22.6 Å². The van der Waals surface area contributed by atoms with E-state index in [0.717, 1.165) is 48.3 Å². The summed E-state index contributed by atoms with van der Waals surface area (Å²) in [5.41, 5.74) is 1.84. The Bertz CT molecular complexity index is 666. The fraction of sp³-hybridized carbons (Fsp3) is 0.647. The second-order valence-corrected chi connectivity index (χ2v) is 6.77. The topological polar surface area (TPSA) is 63.0 Å². The van der Waals surface area contributed by atoms with E-state index in [1.807, 2.05) is 11.8 Å². The standard InChI is InChI=1S/C17H22N2O4/c1-10-16(11-5-3-4-6-13(11)23-10)17(21)19-7-12-14(8-19)22-9-15(20)18(12)2/h12,14H,3-9H2,1-2H3/t12-,14-/m0/s1. The van der Waals surface area contributed by atoms with E-state index in [1.54, 1.807) is 11.9 Å². The van der Waals surface area contributed by atoms with Gasteiger partial charge in [0, 0.05) is 32.1 Å². The van der Waals surface area contributed by atoms with Gasteiger partial charge >= 0.3 is 0 Å². The van der Waals surface area contributed by atoms with E-state index in [-0.39, 0.29) is 30.6 Å². The van der Waals surface area contributed by atoms with Crippen LogP contribution in [-0.2, 0) is 22.4 Å². The van der Waals surface area contributed by atoms with Crippen molar-refractivity contribution in [2.75, 3.05) is 26.7 Å². The number of hydrogen-bond donors (Lipinski definition) is 0. The van der Waals surface area contributed by atoms with Crippen LogP contribution in [0.15, 0.2) is 4.42 Å². The van der Waals surface area contributed by atoms with Gasteiger partial charge in [0.15, 0.2) is 0 Å². The highest BCUT2D eigenvalue weighted by molar-refractivity contribution is 5.97. The SMILES string of the molecule is Cc1oc2c(c1C(=O)N1C[C@@H]3OCC(=O)N(C)[C@H]3C1)CCCC2. The summed E-state index contributed by atoms with van der Waals surface area (Å²) >= 11 is 0. The number of aryl methyl sites for hydroxylation is 2. The van der Waals surface area contributed by atoms with Crippen LogP contribution in [0.3, 0.4) is 0 Å². The average molecular weight is 318 g/mol. The van der Waals surface area contributed by atoms with E-state index < -0.39 is 0 Å². The minimum atomic E-state index is -0.0790. The predicted molar refractivity (Wildman–Crippen MR) is 82.3 cm³/mol. The largest absolute Gasteiger partial charge is 0.465 e. The fourth-order valence-electron chi connectivity index (χ4n) is 4.06. The molecule has 4 rings (SSSR count). The Balaban J connectivity index is 1.59. The van der Waals surface area contributed by atoms with Crippen molar-refractivity contribution < 1.29 is 18.7 Å². The smallest absolute Gasteiger partial charge is 0.257 e. The Labute approximate surface area is 135 Å². The number of rotatable bonds is 1. The van der Waals surface area contributed by atoms with Gasteiger partial charge in [-0.15, -0.1) is 0 Å². The first-order valence-corrected chi connectivity index (χ1v) is 8.34. The van der Waals surface area contributed by atoms with E-state index >= 15 is 0 Å². The summed E-state index contributed by atoms with van der Waals surface area (Å²) in [5, 5.41) is 0. The van der Waals surface area contributed by atoms with Gasteiger partial charge in [0.2, 0.25) is 5.91 Å². The zero-order chi connectivity index (χ0) is 16.1. The van der Waals surface area contributed by atoms with E-state index in [0.29, 0.717) is 13.1 Å². The molecule has 2 amide bonds. The molecule has 0 bridgehead atoms. The highest BCUT2D eigenvalue weighted by Gasteiger charge is 2.44. The molecule has 23 heavy (non-hydrogen) atoms. The quantitative estimate of drug-likeness (QED) is 0.779. The third-order valence-corrected chi connectivity index (χ3v) is 5.40. The maximum Gasteiger partial charge on any atom is 0.257 e. The average Bonchev–Trinajstić information content (AvgIpc) is 3.11. The minimum Gasteiger partial charge on any atom is -0.465 e. The summed E-state index contributed by atoms with van der Waals surface area (Å²) in [6.07, 6.45) is 4.00. The number of carbonyl (C=O) groups is 2. The van der Waals surface area contributed by atoms with Crippen LogP contribution in [0.1, 0.15) is 40.3 Å². The van der Waals surface area contributed by atoms with Gasteiger partial charge in [0.1, 0.15) is 18.1 Å². The molecule has 0 radical (unpaired) electrons. The Morgan fingerprint density at radius 1 is 1.22 bits per heavy atom. The number of hydrogen-bond acceptors (Lipinski definition) is 4. The van der Waals surface area contributed by atoms with Crippen LogP contribution in [0.4, 0.5) is 0 Å². The predicted octanol–water partition coefficient (Wildman–Crippen LogP) is 1.15. The number of furan rings is 1. The van der Waals surface area contributed by atoms with E-state index in [1.165, 1.54) is 0 Å². The highest BCUT2D eigenvalue weighted by Crippen LogP contribution is 2.32. The molecule has 2 saturated heterocycles. The van der Waals surface area contributed by atoms with Crippen molar-refractivity contribution >= 4 is 11.8 Å². The number of ether oxygens (including phenoxy) is 1. The van der Waals surface area contributed by atoms with Gasteiger partial charge in [-0.3, -0.25) is 9.59 Å². The molecule has 0 saturated carbocycles. The summed E-state index contributed by atoms with van der Waals surface area (Å²) in [4.78, 5) is 28.3. The Morgan fingerprint density at radius 2 is 2.00 bits per heavy atom. The molecule has 1 aromatic heterocycles. The van der Waals surface area contributed by atoms with E-state index in [9.17, 15) is 9.59 Å². The summed E-state index contributed by atoms with van der Waals surface area (Å²) in [5.74, 6) is 1.71. The van der Waals surface area contributed by atoms with Crippen molar-refractivity contribution in [1.82, 2.24) is 9.80 Å². The second kappa shape index (κ2) is 5.37. The number of likely N-dealkylation sites (N-methyl/N-ethyl adjacent to an activating group) is 1. The van der Waals surface area contributed by atoms with Gasteiger partial charge < -0.3 is 19.0 Å². The van der Waals surface area contributed by atoms with Crippen molar-refractivity contribution in [3.8, 4) is 0 Å². The Hall–Kier alpha value is -1.82. The molecule has 2 atom stereocenters. The molecular weight excluding hydrogens is 296 g/mol. The van der Waals surface area contributed by atoms with Crippen LogP contribution >= 0.6 is 0 Å². The molecule has 6 heteroatoms. The summed E-state index contributed by atoms with van der Waals surface area (Å²) in [7, 11) is 1.79. The van der Waals surface area contributed by atoms with Crippen LogP contribution in [0.2, 0.25) is 0 Å². The van der Waals surface area contributed by atoms with Crippen LogP contribution in [0, 0.1) is 6.92 Å². The number of carbonyl (C=O) groups excluding carboxylic acids is 2. The lowest BCUT2D eigenvalue weighted by molar-refractivity contribution is -0.150. The number of morpholine rings is 1. The molecule has 3 aliphatic rings. The molecule has 0 aromatic carbocycles. The monoisotopic (exact) mass is 318 g/mol. The van der Waals surface area contributed by atoms with E-state index in [4.69, 9.17) is 9.15 Å². The molecule has 0 spiro atoms. The van der Waals surface area contributed by atoms with Crippen molar-refractivity contribution in [1.29, 1.82) is 0 Å². The van der Waals surface area contributed by atoms with E-state index in [2.05, 4.69) is 0 Å². The van der Waals surface area contributed by atoms with Crippen LogP contribution < -0.4 is 0 Å². The lowest BCUT2D eigenvalue weighted by Crippen LogP contribution is -2.51. The first-order chi connectivity index (χ1) is 11.1. The molecule has 0 unspecified atom stereocenters. The Kier molecular flexibility index (Phi) is 3.44. The lowest BCUT2D eigenvalue weighted by Gasteiger charge is -2.33. The summed E-state index contributed by atoms with van der Waals surface area (Å²) < 4.78 is 11.4. The Morgan fingerprint density at radius 3 is 2.83 bits per heavy atom. The third-order valence-electron chi connectivity index (χ3n) is 5.40. The minimum absolute atomic E-state index is 0.0163. The first kappa shape index (κ1) is 14.8. The maximum atomic E-state index is 13.0. The van der Waals surface area contributed by atoms with Crippen LogP contribution in [-0.4, -0.2) is 60.5 Å². The highest BCUT2D eigenvalue weighted by atomic mass is 16.5. The third kappa shape index (κ3) is 2.27. The van der Waals surface area contributed by atoms with Crippen LogP contribution in [0.5, 0.6) is 0 Å². The normalized spacial score (nSPS) is 27.1. The number of amides is 2. The lowest BCUT2D eigenvalue weighted by atomic mass is 9.94. The molecule has 2 aliphatic heterocycles. The molecule has 3 heterocycles. The number of fused-ring (bicyclic) bond motifs is 2. The van der Waals surface area contributed by atoms with Gasteiger partial charge in [-0.25, -0.2) is 0 Å². The molecule has 1 aliphatic carbocycles. The molecule has 1 aromatic rings. The zero-order valence-electron chi connectivity index (χ0n) is 13.6. The van der Waals surface area contributed by atoms with Gasteiger partial charge in [-0.1, -0.05) is 0 Å². The van der Waals surface area contributed by atoms with Gasteiger partial charge in [0.05, 0.1) is 17.7 Å². The van der Waals surface area contributed by atoms with Crippen LogP contribution in [0.25, 0.3) is 0 Å². The summed E-state index contributed by atoms with van der Waals surface area (Å²) in [6, 6.07) is -0.0387. The maximum absolute atomic E-state index is 13.0. The summed E-state index contributed by atoms with van der Waals surface area (Å²) in [6.45, 7) is 3.06. The fourth-order valence-corrected chi connectivity index (χ4v) is 4.06. The van der Waals surface area contributed by atoms with Gasteiger partial charge in [-0.2, -0.15) is 0 Å². The molecular formula is C17H22N2O4. The first-order valence-electron chi connectivity index (χ1n) is 8.34. The number of likely N-dealkylation sites (tertiary alicyclic amines) is 1. The van der Waals surface area contributed by atoms with Crippen molar-refractivity contribution in [3.63, 3.8) is 0 Å². The van der Waals surface area contributed by atoms with Crippen molar-refractivity contribution in [2.24, 2.45) is 0 Å². The zero-order valence-corrected chi connectivity index (χ0v) is 13.6. The van der Waals surface area contributed by atoms with Gasteiger partial charge in [-0.05, 0) is 26.2 Å². The molecule has 0 N–H and O–H groups in total. The number of nitrogens with zero attached hydrogens (tertiary/aromatic N) is 2. The van der Waals surface area contributed by atoms with Crippen molar-refractivity contribution in [2.45, 2.75) is 44.8 Å². The molecule has 6 nitrogen and oxygen atoms in total. The second-order valence-electron chi connectivity index (χ2n) is 6.77. The molecule has 124 valence electrons. The van der Waals surface area contributed by atoms with Gasteiger partial charge in [0.25, 0.3) is 5.91 Å². The molecule has 2 fully saturated rings.